The van der Waals surface area contributed by atoms with Crippen molar-refractivity contribution in [1.29, 1.82) is 0 Å². The van der Waals surface area contributed by atoms with E-state index in [4.69, 9.17) is 9.47 Å². The van der Waals surface area contributed by atoms with Crippen molar-refractivity contribution in [3.63, 3.8) is 0 Å². The van der Waals surface area contributed by atoms with E-state index in [0.29, 0.717) is 0 Å². The van der Waals surface area contributed by atoms with Crippen LogP contribution < -0.4 is 0 Å². The van der Waals surface area contributed by atoms with Gasteiger partial charge in [-0.05, 0) is 97.3 Å². The van der Waals surface area contributed by atoms with E-state index in [1.54, 1.807) is 41.5 Å². The summed E-state index contributed by atoms with van der Waals surface area (Å²) < 4.78 is 67.2. The number of ether oxygens (including phenoxy) is 2. The maximum absolute atomic E-state index is 14.5. The highest BCUT2D eigenvalue weighted by molar-refractivity contribution is 5.77. The molecular formula is C23H38F4O3. The van der Waals surface area contributed by atoms with Crippen LogP contribution in [0.3, 0.4) is 0 Å². The van der Waals surface area contributed by atoms with Crippen LogP contribution in [0.4, 0.5) is 17.6 Å². The quantitative estimate of drug-likeness (QED) is 0.342. The summed E-state index contributed by atoms with van der Waals surface area (Å²) in [7, 11) is 0. The van der Waals surface area contributed by atoms with Crippen molar-refractivity contribution in [2.45, 2.75) is 105 Å². The van der Waals surface area contributed by atoms with Crippen LogP contribution in [0.5, 0.6) is 0 Å². The smallest absolute Gasteiger partial charge is 0.404 e. The topological polar surface area (TPSA) is 35.5 Å². The van der Waals surface area contributed by atoms with Crippen LogP contribution in [0.15, 0.2) is 0 Å². The molecule has 3 nitrogen and oxygen atoms in total. The Hall–Kier alpha value is -0.850. The van der Waals surface area contributed by atoms with Gasteiger partial charge in [-0.3, -0.25) is 4.79 Å². The second kappa shape index (κ2) is 8.25. The number of rotatable bonds is 6. The Balaban J connectivity index is 2.19. The Morgan fingerprint density at radius 2 is 1.57 bits per heavy atom. The Morgan fingerprint density at radius 3 is 2.00 bits per heavy atom. The molecule has 30 heavy (non-hydrogen) atoms. The molecule has 0 amide bonds. The lowest BCUT2D eigenvalue weighted by Crippen LogP contribution is -2.48. The van der Waals surface area contributed by atoms with Gasteiger partial charge in [-0.2, -0.15) is 13.2 Å². The summed E-state index contributed by atoms with van der Waals surface area (Å²) in [5, 5.41) is 0. The molecule has 2 fully saturated rings. The van der Waals surface area contributed by atoms with Crippen molar-refractivity contribution in [2.24, 2.45) is 35.0 Å². The lowest BCUT2D eigenvalue weighted by Gasteiger charge is -2.41. The molecule has 7 atom stereocenters. The van der Waals surface area contributed by atoms with Crippen molar-refractivity contribution in [3.05, 3.63) is 0 Å². The molecule has 2 saturated carbocycles. The average molecular weight is 439 g/mol. The Labute approximate surface area is 178 Å². The van der Waals surface area contributed by atoms with E-state index >= 15 is 0 Å². The van der Waals surface area contributed by atoms with Gasteiger partial charge in [-0.25, -0.2) is 4.39 Å². The lowest BCUT2D eigenvalue weighted by molar-refractivity contribution is -0.241. The number of esters is 1. The van der Waals surface area contributed by atoms with Crippen molar-refractivity contribution in [2.75, 3.05) is 0 Å². The molecule has 2 aliphatic rings. The highest BCUT2D eigenvalue weighted by Gasteiger charge is 2.62. The number of alkyl halides is 4. The Morgan fingerprint density at radius 1 is 1.00 bits per heavy atom. The fourth-order valence-corrected chi connectivity index (χ4v) is 5.35. The minimum Gasteiger partial charge on any atom is -0.459 e. The predicted octanol–water partition coefficient (Wildman–Crippen LogP) is 6.70. The van der Waals surface area contributed by atoms with Gasteiger partial charge in [0.15, 0.2) is 11.8 Å². The Kier molecular flexibility index (Phi) is 6.99. The molecular weight excluding hydrogens is 400 g/mol. The van der Waals surface area contributed by atoms with Crippen LogP contribution in [-0.2, 0) is 14.3 Å². The molecule has 0 aromatic heterocycles. The zero-order chi connectivity index (χ0) is 23.3. The highest BCUT2D eigenvalue weighted by Crippen LogP contribution is 2.60. The van der Waals surface area contributed by atoms with Gasteiger partial charge in [0.05, 0.1) is 5.60 Å². The molecule has 0 N–H and O–H groups in total. The van der Waals surface area contributed by atoms with Crippen molar-refractivity contribution >= 4 is 5.97 Å². The second-order valence-corrected chi connectivity index (χ2v) is 11.6. The first kappa shape index (κ1) is 25.4. The van der Waals surface area contributed by atoms with Gasteiger partial charge in [-0.1, -0.05) is 6.92 Å². The predicted molar refractivity (Wildman–Crippen MR) is 107 cm³/mol. The van der Waals surface area contributed by atoms with E-state index in [-0.39, 0.29) is 42.4 Å². The van der Waals surface area contributed by atoms with Gasteiger partial charge in [0.2, 0.25) is 0 Å². The zero-order valence-corrected chi connectivity index (χ0v) is 19.5. The number of halogens is 4. The van der Waals surface area contributed by atoms with Gasteiger partial charge in [0.1, 0.15) is 5.60 Å². The van der Waals surface area contributed by atoms with Gasteiger partial charge in [0.25, 0.3) is 0 Å². The summed E-state index contributed by atoms with van der Waals surface area (Å²) in [6.07, 6.45) is -4.68. The van der Waals surface area contributed by atoms with Crippen LogP contribution in [-0.4, -0.2) is 29.7 Å². The third-order valence-corrected chi connectivity index (χ3v) is 6.84. The van der Waals surface area contributed by atoms with Gasteiger partial charge in [-0.15, -0.1) is 0 Å². The first-order valence-electron chi connectivity index (χ1n) is 11.0. The molecule has 0 radical (unpaired) electrons. The van der Waals surface area contributed by atoms with E-state index in [1.807, 2.05) is 6.92 Å². The number of hydrogen-bond acceptors (Lipinski definition) is 3. The minimum atomic E-state index is -4.72. The molecule has 7 heteroatoms. The molecule has 2 aliphatic carbocycles. The number of hydrogen-bond donors (Lipinski definition) is 0. The van der Waals surface area contributed by atoms with Crippen LogP contribution in [0, 0.1) is 35.0 Å². The number of carbonyl (C=O) groups is 1. The van der Waals surface area contributed by atoms with E-state index < -0.39 is 35.1 Å². The van der Waals surface area contributed by atoms with Crippen molar-refractivity contribution < 1.29 is 31.8 Å². The standard InChI is InChI=1S/C23H38F4O3/c1-13-14-9-15(11-18(24)29-20(2,3)4)16(10-14)17(13)12-22(8,23(25,26)27)19(28)30-21(5,6)7/h13-18H,9-12H2,1-8H3. The highest BCUT2D eigenvalue weighted by atomic mass is 19.4. The molecule has 0 aliphatic heterocycles. The van der Waals surface area contributed by atoms with Gasteiger partial charge < -0.3 is 9.47 Å². The van der Waals surface area contributed by atoms with Crippen molar-refractivity contribution in [3.8, 4) is 0 Å². The fraction of sp³-hybridized carbons (Fsp3) is 0.957. The summed E-state index contributed by atoms with van der Waals surface area (Å²) >= 11 is 0. The molecule has 2 bridgehead atoms. The largest absolute Gasteiger partial charge is 0.459 e. The van der Waals surface area contributed by atoms with E-state index in [2.05, 4.69) is 0 Å². The number of carbonyl (C=O) groups excluding carboxylic acids is 1. The Bertz CT molecular complexity index is 619. The van der Waals surface area contributed by atoms with E-state index in [1.165, 1.54) is 0 Å². The maximum Gasteiger partial charge on any atom is 0.404 e. The number of fused-ring (bicyclic) bond motifs is 2. The molecule has 176 valence electrons. The van der Waals surface area contributed by atoms with Crippen LogP contribution >= 0.6 is 0 Å². The third-order valence-electron chi connectivity index (χ3n) is 6.84. The normalized spacial score (nSPS) is 32.7. The monoisotopic (exact) mass is 438 g/mol. The third kappa shape index (κ3) is 5.68. The first-order valence-corrected chi connectivity index (χ1v) is 11.0. The molecule has 0 saturated heterocycles. The van der Waals surface area contributed by atoms with Gasteiger partial charge >= 0.3 is 12.1 Å². The lowest BCUT2D eigenvalue weighted by atomic mass is 9.67. The zero-order valence-electron chi connectivity index (χ0n) is 19.5. The second-order valence-electron chi connectivity index (χ2n) is 11.6. The van der Waals surface area contributed by atoms with E-state index in [9.17, 15) is 22.4 Å². The summed E-state index contributed by atoms with van der Waals surface area (Å²) in [6, 6.07) is 0. The van der Waals surface area contributed by atoms with Crippen LogP contribution in [0.2, 0.25) is 0 Å². The van der Waals surface area contributed by atoms with Crippen molar-refractivity contribution in [1.82, 2.24) is 0 Å². The molecule has 0 aromatic rings. The summed E-state index contributed by atoms with van der Waals surface area (Å²) in [5.41, 5.74) is -4.20. The molecule has 0 spiro atoms. The molecule has 0 heterocycles. The van der Waals surface area contributed by atoms with Crippen LogP contribution in [0.1, 0.15) is 81.1 Å². The molecule has 0 aromatic carbocycles. The summed E-state index contributed by atoms with van der Waals surface area (Å²) in [6.45, 7) is 12.9. The van der Waals surface area contributed by atoms with Crippen LogP contribution in [0.25, 0.3) is 0 Å². The average Bonchev–Trinajstić information content (AvgIpc) is 3.01. The van der Waals surface area contributed by atoms with E-state index in [0.717, 1.165) is 19.8 Å². The maximum atomic E-state index is 14.5. The summed E-state index contributed by atoms with van der Waals surface area (Å²) in [4.78, 5) is 12.6. The van der Waals surface area contributed by atoms with Gasteiger partial charge in [0, 0.05) is 6.42 Å². The summed E-state index contributed by atoms with van der Waals surface area (Å²) in [5.74, 6) is -1.25. The first-order chi connectivity index (χ1) is 13.3. The molecule has 2 rings (SSSR count). The fourth-order valence-electron chi connectivity index (χ4n) is 5.35. The molecule has 7 unspecified atom stereocenters. The SMILES string of the molecule is CC1C2CC(CC(F)OC(C)(C)C)C(C2)C1CC(C)(C(=O)OC(C)(C)C)C(F)(F)F. The minimum absolute atomic E-state index is 0.0235.